The molecule has 0 fully saturated rings. The van der Waals surface area contributed by atoms with Crippen LogP contribution in [0.3, 0.4) is 0 Å². The van der Waals surface area contributed by atoms with Crippen molar-refractivity contribution in [1.82, 2.24) is 15.0 Å². The number of aromatic amines is 3. The molecular weight excluding hydrogens is 606 g/mol. The van der Waals surface area contributed by atoms with Crippen LogP contribution in [0, 0.1) is 68.9 Å². The lowest BCUT2D eigenvalue weighted by Crippen LogP contribution is -2.19. The van der Waals surface area contributed by atoms with Gasteiger partial charge in [-0.1, -0.05) is 6.08 Å². The number of aliphatic imine (C=N–C) groups is 1. The smallest absolute Gasteiger partial charge is 0.200 e. The number of aromatic nitrogens is 3. The Labute approximate surface area is 237 Å². The molecule has 14 heteroatoms. The van der Waals surface area contributed by atoms with Crippen molar-refractivity contribution >= 4 is 16.9 Å². The number of benzene rings is 2. The van der Waals surface area contributed by atoms with Crippen molar-refractivity contribution < 1.29 is 43.9 Å². The fourth-order valence-corrected chi connectivity index (χ4v) is 5.33. The van der Waals surface area contributed by atoms with Gasteiger partial charge in [-0.15, -0.1) is 0 Å². The maximum Gasteiger partial charge on any atom is 0.200 e. The van der Waals surface area contributed by atoms with Gasteiger partial charge in [0.15, 0.2) is 46.5 Å². The molecule has 1 unspecified atom stereocenters. The number of nitrogens with zero attached hydrogens (tertiary/aromatic N) is 1. The van der Waals surface area contributed by atoms with Gasteiger partial charge in [-0.05, 0) is 42.5 Å². The molecule has 4 nitrogen and oxygen atoms in total. The fraction of sp³-hybridized carbons (Fsp3) is 0.0333. The molecule has 0 aliphatic carbocycles. The third-order valence-corrected chi connectivity index (χ3v) is 7.39. The van der Waals surface area contributed by atoms with Crippen LogP contribution in [0.2, 0.25) is 0 Å². The Balaban J connectivity index is 1.64. The lowest BCUT2D eigenvalue weighted by Gasteiger charge is -2.12. The van der Waals surface area contributed by atoms with Crippen LogP contribution < -0.4 is 10.7 Å². The Kier molecular flexibility index (Phi) is 6.03. The molecule has 7 rings (SSSR count). The molecular formula is C30H12F10N4. The average Bonchev–Trinajstić information content (AvgIpc) is 3.83. The van der Waals surface area contributed by atoms with Crippen LogP contribution in [0.4, 0.5) is 43.9 Å². The van der Waals surface area contributed by atoms with Crippen molar-refractivity contribution in [3.63, 3.8) is 0 Å². The SMILES string of the molecule is Fc1c(F)c(F)c(/C2=c3\cc/c([nH]3)=c3\cc/c([nH]3)=C(\c3c(F)c(F)c(F)c(F)c3F)c3ccc([nH]3)C3C=CC2=N3)c(F)c1F. The number of hydrogen-bond acceptors (Lipinski definition) is 1. The van der Waals surface area contributed by atoms with Gasteiger partial charge in [0, 0.05) is 33.2 Å². The summed E-state index contributed by atoms with van der Waals surface area (Å²) in [4.78, 5) is 12.8. The van der Waals surface area contributed by atoms with Crippen molar-refractivity contribution in [2.24, 2.45) is 4.99 Å². The van der Waals surface area contributed by atoms with Crippen LogP contribution in [0.25, 0.3) is 11.1 Å². The normalized spacial score (nSPS) is 19.0. The molecule has 3 aromatic heterocycles. The summed E-state index contributed by atoms with van der Waals surface area (Å²) in [5.74, 6) is -21.6. The van der Waals surface area contributed by atoms with E-state index in [2.05, 4.69) is 19.9 Å². The molecule has 5 aromatic rings. The number of H-pyrrole nitrogens is 3. The predicted molar refractivity (Wildman–Crippen MR) is 135 cm³/mol. The van der Waals surface area contributed by atoms with Gasteiger partial charge in [-0.2, -0.15) is 0 Å². The van der Waals surface area contributed by atoms with Crippen LogP contribution in [-0.2, 0) is 0 Å². The molecule has 2 aliphatic heterocycles. The lowest BCUT2D eigenvalue weighted by atomic mass is 9.98. The van der Waals surface area contributed by atoms with Crippen LogP contribution in [-0.4, -0.2) is 20.7 Å². The highest BCUT2D eigenvalue weighted by Crippen LogP contribution is 2.35. The minimum Gasteiger partial charge on any atom is -0.356 e. The molecule has 0 radical (unpaired) electrons. The van der Waals surface area contributed by atoms with Gasteiger partial charge >= 0.3 is 0 Å². The van der Waals surface area contributed by atoms with Gasteiger partial charge in [-0.3, -0.25) is 4.99 Å². The maximum atomic E-state index is 15.1. The zero-order valence-corrected chi connectivity index (χ0v) is 21.4. The van der Waals surface area contributed by atoms with E-state index in [1.807, 2.05) is 0 Å². The summed E-state index contributed by atoms with van der Waals surface area (Å²) in [6.45, 7) is 0. The summed E-state index contributed by atoms with van der Waals surface area (Å²) < 4.78 is 145. The van der Waals surface area contributed by atoms with Crippen molar-refractivity contribution in [2.75, 3.05) is 0 Å². The summed E-state index contributed by atoms with van der Waals surface area (Å²) >= 11 is 0. The number of allylic oxidation sites excluding steroid dienone is 1. The molecule has 0 amide bonds. The molecule has 44 heavy (non-hydrogen) atoms. The van der Waals surface area contributed by atoms with E-state index in [0.717, 1.165) is 0 Å². The summed E-state index contributed by atoms with van der Waals surface area (Å²) in [5, 5.41) is 0.110. The third-order valence-electron chi connectivity index (χ3n) is 7.39. The molecule has 3 N–H and O–H groups in total. The quantitative estimate of drug-likeness (QED) is 0.126. The highest BCUT2D eigenvalue weighted by atomic mass is 19.2. The van der Waals surface area contributed by atoms with Crippen molar-refractivity contribution in [1.29, 1.82) is 0 Å². The first-order valence-electron chi connectivity index (χ1n) is 12.6. The molecule has 5 heterocycles. The predicted octanol–water partition coefficient (Wildman–Crippen LogP) is 5.86. The Morgan fingerprint density at radius 1 is 0.455 bits per heavy atom. The topological polar surface area (TPSA) is 59.7 Å². The highest BCUT2D eigenvalue weighted by Gasteiger charge is 2.32. The zero-order chi connectivity index (χ0) is 31.2. The highest BCUT2D eigenvalue weighted by molar-refractivity contribution is 6.29. The molecule has 1 atom stereocenters. The number of rotatable bonds is 2. The minimum absolute atomic E-state index is 0.0955. The average molecular weight is 618 g/mol. The van der Waals surface area contributed by atoms with Gasteiger partial charge in [0.25, 0.3) is 0 Å². The largest absolute Gasteiger partial charge is 0.356 e. The standard InChI is InChI=1S/C30H12F10N4/c31-21-19(22(32)26(36)29(39)25(21)35)17-13-5-1-9(41-13)10-2-6-15(42-10)18(20-23(33)27(37)30(40)28(38)24(20)34)16-8-4-12(44-16)11-3-7-14(17)43-11/h1-9,42-44H/b12-11-,17-14+,18-16+. The van der Waals surface area contributed by atoms with E-state index >= 15 is 17.6 Å². The Bertz CT molecular complexity index is 2300. The van der Waals surface area contributed by atoms with E-state index < -0.39 is 86.5 Å². The Morgan fingerprint density at radius 2 is 0.886 bits per heavy atom. The second-order valence-electron chi connectivity index (χ2n) is 9.86. The first kappa shape index (κ1) is 27.6. The van der Waals surface area contributed by atoms with E-state index in [4.69, 9.17) is 0 Å². The van der Waals surface area contributed by atoms with Crippen molar-refractivity contribution in [2.45, 2.75) is 6.04 Å². The molecule has 2 aliphatic rings. The first-order valence-corrected chi connectivity index (χ1v) is 12.6. The van der Waals surface area contributed by atoms with Crippen LogP contribution in [0.15, 0.2) is 53.5 Å². The maximum absolute atomic E-state index is 15.1. The van der Waals surface area contributed by atoms with Crippen molar-refractivity contribution in [3.8, 4) is 0 Å². The van der Waals surface area contributed by atoms with Gasteiger partial charge < -0.3 is 15.0 Å². The molecule has 0 spiro atoms. The van der Waals surface area contributed by atoms with E-state index in [1.165, 1.54) is 48.6 Å². The first-order chi connectivity index (χ1) is 21.0. The van der Waals surface area contributed by atoms with Crippen molar-refractivity contribution in [3.05, 3.63) is 151 Å². The van der Waals surface area contributed by atoms with Gasteiger partial charge in [0.05, 0.1) is 27.5 Å². The minimum atomic E-state index is -2.34. The Morgan fingerprint density at radius 3 is 1.41 bits per heavy atom. The van der Waals surface area contributed by atoms with E-state index in [9.17, 15) is 26.3 Å². The fourth-order valence-electron chi connectivity index (χ4n) is 5.33. The van der Waals surface area contributed by atoms with Gasteiger partial charge in [-0.25, -0.2) is 43.9 Å². The molecule has 0 saturated carbocycles. The van der Waals surface area contributed by atoms with Crippen LogP contribution in [0.1, 0.15) is 28.6 Å². The summed E-state index contributed by atoms with van der Waals surface area (Å²) in [5.41, 5.74) is -3.40. The number of fused-ring (bicyclic) bond motifs is 8. The number of halogens is 10. The summed E-state index contributed by atoms with van der Waals surface area (Å²) in [6.07, 6.45) is 2.68. The van der Waals surface area contributed by atoms with E-state index in [1.54, 1.807) is 0 Å². The second-order valence-corrected chi connectivity index (χ2v) is 9.86. The van der Waals surface area contributed by atoms with Gasteiger partial charge in [0.2, 0.25) is 11.6 Å². The van der Waals surface area contributed by atoms with Crippen LogP contribution >= 0.6 is 0 Å². The zero-order valence-electron chi connectivity index (χ0n) is 21.4. The van der Waals surface area contributed by atoms with Gasteiger partial charge in [0.1, 0.15) is 6.04 Å². The van der Waals surface area contributed by atoms with Crippen LogP contribution in [0.5, 0.6) is 0 Å². The molecule has 222 valence electrons. The number of hydrogen-bond donors (Lipinski definition) is 3. The summed E-state index contributed by atoms with van der Waals surface area (Å²) in [7, 11) is 0. The molecule has 2 aromatic carbocycles. The van der Waals surface area contributed by atoms with E-state index in [0.29, 0.717) is 0 Å². The molecule has 0 saturated heterocycles. The second kappa shape index (κ2) is 9.62. The van der Waals surface area contributed by atoms with E-state index in [-0.39, 0.29) is 38.5 Å². The third kappa shape index (κ3) is 3.82. The monoisotopic (exact) mass is 618 g/mol. The Hall–Kier alpha value is -5.27. The lowest BCUT2D eigenvalue weighted by molar-refractivity contribution is 0.376. The molecule has 8 bridgehead atoms. The summed E-state index contributed by atoms with van der Waals surface area (Å²) in [6, 6.07) is 7.03. The number of nitrogens with one attached hydrogen (secondary N) is 3.